The second-order valence-electron chi connectivity index (χ2n) is 4.28. The van der Waals surface area contributed by atoms with E-state index < -0.39 is 0 Å². The largest absolute Gasteiger partial charge is 0.395 e. The van der Waals surface area contributed by atoms with Gasteiger partial charge in [-0.05, 0) is 20.8 Å². The Morgan fingerprint density at radius 3 is 2.58 bits per heavy atom. The third-order valence-corrected chi connectivity index (χ3v) is 2.30. The van der Waals surface area contributed by atoms with Crippen LogP contribution in [0.25, 0.3) is 0 Å². The van der Waals surface area contributed by atoms with E-state index in [1.165, 1.54) is 0 Å². The van der Waals surface area contributed by atoms with Crippen LogP contribution in [-0.4, -0.2) is 48.0 Å². The van der Waals surface area contributed by atoms with E-state index in [-0.39, 0.29) is 18.2 Å². The monoisotopic (exact) mass is 173 g/mol. The van der Waals surface area contributed by atoms with Gasteiger partial charge in [0, 0.05) is 12.1 Å². The van der Waals surface area contributed by atoms with Crippen molar-refractivity contribution in [3.8, 4) is 0 Å². The molecule has 1 heterocycles. The van der Waals surface area contributed by atoms with Crippen molar-refractivity contribution >= 4 is 0 Å². The number of ether oxygens (including phenoxy) is 1. The molecule has 0 aromatic heterocycles. The predicted octanol–water partition coefficient (Wildman–Crippen LogP) is 0.478. The first-order valence-electron chi connectivity index (χ1n) is 4.51. The number of hydrogen-bond acceptors (Lipinski definition) is 3. The zero-order valence-electron chi connectivity index (χ0n) is 8.21. The lowest BCUT2D eigenvalue weighted by atomic mass is 10.0. The van der Waals surface area contributed by atoms with Crippen molar-refractivity contribution in [3.05, 3.63) is 0 Å². The maximum Gasteiger partial charge on any atom is 0.0645 e. The van der Waals surface area contributed by atoms with Gasteiger partial charge in [0.1, 0.15) is 0 Å². The number of morpholine rings is 1. The minimum atomic E-state index is 0.136. The molecule has 1 unspecified atom stereocenters. The zero-order chi connectivity index (χ0) is 9.19. The first kappa shape index (κ1) is 9.96. The van der Waals surface area contributed by atoms with E-state index in [2.05, 4.69) is 25.7 Å². The van der Waals surface area contributed by atoms with Crippen LogP contribution in [0.1, 0.15) is 20.8 Å². The highest BCUT2D eigenvalue weighted by molar-refractivity contribution is 4.84. The summed E-state index contributed by atoms with van der Waals surface area (Å²) in [5.41, 5.74) is 0.136. The molecule has 1 saturated heterocycles. The minimum absolute atomic E-state index is 0.136. The molecule has 12 heavy (non-hydrogen) atoms. The van der Waals surface area contributed by atoms with Gasteiger partial charge in [0.05, 0.1) is 25.9 Å². The molecule has 0 bridgehead atoms. The Kier molecular flexibility index (Phi) is 3.09. The van der Waals surface area contributed by atoms with Gasteiger partial charge in [0.2, 0.25) is 0 Å². The van der Waals surface area contributed by atoms with Crippen molar-refractivity contribution in [2.24, 2.45) is 0 Å². The van der Waals surface area contributed by atoms with Crippen molar-refractivity contribution in [1.82, 2.24) is 4.90 Å². The third-order valence-electron chi connectivity index (χ3n) is 2.30. The van der Waals surface area contributed by atoms with Crippen LogP contribution >= 0.6 is 0 Å². The average molecular weight is 173 g/mol. The fourth-order valence-corrected chi connectivity index (χ4v) is 1.69. The fourth-order valence-electron chi connectivity index (χ4n) is 1.69. The summed E-state index contributed by atoms with van der Waals surface area (Å²) in [7, 11) is 0. The molecule has 0 spiro atoms. The van der Waals surface area contributed by atoms with Gasteiger partial charge < -0.3 is 9.84 Å². The van der Waals surface area contributed by atoms with Crippen LogP contribution in [0, 0.1) is 0 Å². The molecule has 3 nitrogen and oxygen atoms in total. The van der Waals surface area contributed by atoms with Crippen LogP contribution in [0.2, 0.25) is 0 Å². The Balaban J connectivity index is 2.59. The van der Waals surface area contributed by atoms with Gasteiger partial charge in [-0.3, -0.25) is 4.90 Å². The molecular weight excluding hydrogens is 154 g/mol. The summed E-state index contributed by atoms with van der Waals surface area (Å²) < 4.78 is 5.30. The summed E-state index contributed by atoms with van der Waals surface area (Å²) in [6.07, 6.45) is 0. The molecule has 3 heteroatoms. The van der Waals surface area contributed by atoms with E-state index in [9.17, 15) is 0 Å². The van der Waals surface area contributed by atoms with E-state index in [1.54, 1.807) is 0 Å². The van der Waals surface area contributed by atoms with E-state index in [0.717, 1.165) is 13.2 Å². The van der Waals surface area contributed by atoms with Crippen LogP contribution in [0.4, 0.5) is 0 Å². The molecule has 72 valence electrons. The number of aliphatic hydroxyl groups is 1. The molecule has 0 aromatic rings. The molecule has 0 amide bonds. The quantitative estimate of drug-likeness (QED) is 0.626. The van der Waals surface area contributed by atoms with Crippen LogP contribution in [0.15, 0.2) is 0 Å². The Bertz CT molecular complexity index is 142. The van der Waals surface area contributed by atoms with Crippen molar-refractivity contribution < 1.29 is 9.84 Å². The molecule has 1 aliphatic heterocycles. The molecule has 0 saturated carbocycles. The number of nitrogens with zero attached hydrogens (tertiary/aromatic N) is 1. The number of hydrogen-bond donors (Lipinski definition) is 1. The summed E-state index contributed by atoms with van der Waals surface area (Å²) in [5, 5.41) is 9.10. The SMILES string of the molecule is CC(C)(C)N1CCOCC1CO. The highest BCUT2D eigenvalue weighted by Crippen LogP contribution is 2.19. The smallest absolute Gasteiger partial charge is 0.0645 e. The van der Waals surface area contributed by atoms with Gasteiger partial charge in [0.25, 0.3) is 0 Å². The van der Waals surface area contributed by atoms with E-state index >= 15 is 0 Å². The summed E-state index contributed by atoms with van der Waals surface area (Å²) in [6, 6.07) is 0.179. The van der Waals surface area contributed by atoms with Crippen LogP contribution in [-0.2, 0) is 4.74 Å². The van der Waals surface area contributed by atoms with Crippen LogP contribution in [0.3, 0.4) is 0 Å². The molecular formula is C9H19NO2. The summed E-state index contributed by atoms with van der Waals surface area (Å²) in [4.78, 5) is 2.30. The fraction of sp³-hybridized carbons (Fsp3) is 1.00. The second kappa shape index (κ2) is 3.73. The minimum Gasteiger partial charge on any atom is -0.395 e. The first-order valence-corrected chi connectivity index (χ1v) is 4.51. The first-order chi connectivity index (χ1) is 5.55. The van der Waals surface area contributed by atoms with Crippen molar-refractivity contribution in [2.45, 2.75) is 32.4 Å². The van der Waals surface area contributed by atoms with Gasteiger partial charge in [-0.15, -0.1) is 0 Å². The Morgan fingerprint density at radius 1 is 1.50 bits per heavy atom. The zero-order valence-corrected chi connectivity index (χ0v) is 8.21. The molecule has 1 rings (SSSR count). The standard InChI is InChI=1S/C9H19NO2/c1-9(2,3)10-4-5-12-7-8(10)6-11/h8,11H,4-7H2,1-3H3. The molecule has 1 fully saturated rings. The van der Waals surface area contributed by atoms with Gasteiger partial charge in [0.15, 0.2) is 0 Å². The molecule has 1 aliphatic rings. The lowest BCUT2D eigenvalue weighted by Crippen LogP contribution is -2.55. The van der Waals surface area contributed by atoms with Gasteiger partial charge in [-0.25, -0.2) is 0 Å². The Labute approximate surface area is 74.3 Å². The predicted molar refractivity (Wildman–Crippen MR) is 48.2 cm³/mol. The highest BCUT2D eigenvalue weighted by atomic mass is 16.5. The number of aliphatic hydroxyl groups excluding tert-OH is 1. The van der Waals surface area contributed by atoms with Gasteiger partial charge in [-0.1, -0.05) is 0 Å². The number of rotatable bonds is 1. The second-order valence-corrected chi connectivity index (χ2v) is 4.28. The van der Waals surface area contributed by atoms with E-state index in [1.807, 2.05) is 0 Å². The van der Waals surface area contributed by atoms with Crippen molar-refractivity contribution in [1.29, 1.82) is 0 Å². The lowest BCUT2D eigenvalue weighted by molar-refractivity contribution is -0.0656. The highest BCUT2D eigenvalue weighted by Gasteiger charge is 2.30. The van der Waals surface area contributed by atoms with Crippen LogP contribution < -0.4 is 0 Å². The molecule has 0 radical (unpaired) electrons. The van der Waals surface area contributed by atoms with Gasteiger partial charge in [-0.2, -0.15) is 0 Å². The topological polar surface area (TPSA) is 32.7 Å². The summed E-state index contributed by atoms with van der Waals surface area (Å²) in [5.74, 6) is 0. The Hall–Kier alpha value is -0.120. The summed E-state index contributed by atoms with van der Waals surface area (Å²) in [6.45, 7) is 9.07. The normalized spacial score (nSPS) is 27.5. The van der Waals surface area contributed by atoms with E-state index in [4.69, 9.17) is 9.84 Å². The lowest BCUT2D eigenvalue weighted by Gasteiger charge is -2.43. The van der Waals surface area contributed by atoms with Gasteiger partial charge >= 0.3 is 0 Å². The molecule has 0 aliphatic carbocycles. The van der Waals surface area contributed by atoms with Crippen LogP contribution in [0.5, 0.6) is 0 Å². The molecule has 1 atom stereocenters. The summed E-state index contributed by atoms with van der Waals surface area (Å²) >= 11 is 0. The van der Waals surface area contributed by atoms with E-state index in [0.29, 0.717) is 6.61 Å². The molecule has 1 N–H and O–H groups in total. The molecule has 0 aromatic carbocycles. The average Bonchev–Trinajstić information content (AvgIpc) is 2.03. The van der Waals surface area contributed by atoms with Crippen molar-refractivity contribution in [3.63, 3.8) is 0 Å². The van der Waals surface area contributed by atoms with Crippen molar-refractivity contribution in [2.75, 3.05) is 26.4 Å². The Morgan fingerprint density at radius 2 is 2.17 bits per heavy atom. The maximum absolute atomic E-state index is 9.10. The third kappa shape index (κ3) is 2.19. The maximum atomic E-state index is 9.10.